The number of hydrogen-bond donors (Lipinski definition) is 2. The first-order valence-corrected chi connectivity index (χ1v) is 7.48. The molecule has 8 heteroatoms. The number of ether oxygens (including phenoxy) is 2. The molecular weight excluding hydrogens is 386 g/mol. The Balaban J connectivity index is 0.000000235. The molecule has 0 unspecified atom stereocenters. The SMILES string of the molecule is Cl.N=C(N)c1ccccn1.O=C(CBr)c1ccc2c(c1)OCO2. The Kier molecular flexibility index (Phi) is 7.50. The van der Waals surface area contributed by atoms with E-state index in [1.165, 1.54) is 0 Å². The Hall–Kier alpha value is -2.12. The van der Waals surface area contributed by atoms with Crippen LogP contribution in [-0.2, 0) is 0 Å². The van der Waals surface area contributed by atoms with Gasteiger partial charge in [-0.3, -0.25) is 15.2 Å². The largest absolute Gasteiger partial charge is 0.454 e. The van der Waals surface area contributed by atoms with Crippen molar-refractivity contribution in [2.75, 3.05) is 12.1 Å². The highest BCUT2D eigenvalue weighted by atomic mass is 79.9. The number of nitrogens with one attached hydrogen (secondary N) is 1. The van der Waals surface area contributed by atoms with Crippen molar-refractivity contribution < 1.29 is 14.3 Å². The first-order valence-electron chi connectivity index (χ1n) is 6.36. The van der Waals surface area contributed by atoms with E-state index in [1.807, 2.05) is 0 Å². The number of carbonyl (C=O) groups excluding carboxylic acids is 1. The van der Waals surface area contributed by atoms with Gasteiger partial charge in [0.25, 0.3) is 0 Å². The van der Waals surface area contributed by atoms with Crippen molar-refractivity contribution in [1.29, 1.82) is 5.41 Å². The van der Waals surface area contributed by atoms with E-state index in [-0.39, 0.29) is 30.8 Å². The summed E-state index contributed by atoms with van der Waals surface area (Å²) in [7, 11) is 0. The third-order valence-corrected chi connectivity index (χ3v) is 3.27. The molecule has 1 aromatic carbocycles. The molecular formula is C15H15BrClN3O3. The molecule has 0 amide bonds. The van der Waals surface area contributed by atoms with Gasteiger partial charge in [-0.1, -0.05) is 22.0 Å². The van der Waals surface area contributed by atoms with Crippen molar-refractivity contribution in [2.24, 2.45) is 5.73 Å². The number of hydrogen-bond acceptors (Lipinski definition) is 5. The van der Waals surface area contributed by atoms with Crippen LogP contribution in [0.1, 0.15) is 16.1 Å². The summed E-state index contributed by atoms with van der Waals surface area (Å²) in [6.07, 6.45) is 1.61. The van der Waals surface area contributed by atoms with E-state index < -0.39 is 0 Å². The molecule has 0 aliphatic carbocycles. The van der Waals surface area contributed by atoms with E-state index >= 15 is 0 Å². The third kappa shape index (κ3) is 5.22. The van der Waals surface area contributed by atoms with Gasteiger partial charge in [0.2, 0.25) is 6.79 Å². The number of fused-ring (bicyclic) bond motifs is 1. The van der Waals surface area contributed by atoms with Gasteiger partial charge in [-0.2, -0.15) is 0 Å². The number of carbonyl (C=O) groups is 1. The molecule has 0 atom stereocenters. The summed E-state index contributed by atoms with van der Waals surface area (Å²) in [6, 6.07) is 10.5. The zero-order valence-electron chi connectivity index (χ0n) is 12.0. The van der Waals surface area contributed by atoms with E-state index in [4.69, 9.17) is 20.6 Å². The molecule has 122 valence electrons. The van der Waals surface area contributed by atoms with Crippen molar-refractivity contribution in [3.63, 3.8) is 0 Å². The quantitative estimate of drug-likeness (QED) is 0.357. The number of amidine groups is 1. The lowest BCUT2D eigenvalue weighted by atomic mass is 10.1. The lowest BCUT2D eigenvalue weighted by molar-refractivity contribution is 0.102. The number of nitrogens with zero attached hydrogens (tertiary/aromatic N) is 1. The first-order chi connectivity index (χ1) is 10.6. The van der Waals surface area contributed by atoms with Gasteiger partial charge in [-0.25, -0.2) is 0 Å². The maximum absolute atomic E-state index is 11.3. The minimum atomic E-state index is 0. The summed E-state index contributed by atoms with van der Waals surface area (Å²) in [5.41, 5.74) is 6.30. The van der Waals surface area contributed by atoms with Crippen LogP contribution in [-0.4, -0.2) is 28.7 Å². The van der Waals surface area contributed by atoms with E-state index in [1.54, 1.807) is 42.6 Å². The molecule has 1 aliphatic rings. The molecule has 0 saturated carbocycles. The number of pyridine rings is 1. The van der Waals surface area contributed by atoms with Crippen molar-refractivity contribution >= 4 is 40.0 Å². The zero-order chi connectivity index (χ0) is 15.9. The van der Waals surface area contributed by atoms with Gasteiger partial charge in [0.15, 0.2) is 17.3 Å². The van der Waals surface area contributed by atoms with Crippen LogP contribution in [0.2, 0.25) is 0 Å². The molecule has 1 aromatic heterocycles. The summed E-state index contributed by atoms with van der Waals surface area (Å²) in [5, 5.41) is 7.28. The van der Waals surface area contributed by atoms with Gasteiger partial charge in [-0.05, 0) is 30.3 Å². The number of nitrogens with two attached hydrogens (primary N) is 1. The molecule has 0 bridgehead atoms. The number of halogens is 2. The van der Waals surface area contributed by atoms with E-state index in [2.05, 4.69) is 20.9 Å². The van der Waals surface area contributed by atoms with Crippen LogP contribution < -0.4 is 15.2 Å². The van der Waals surface area contributed by atoms with E-state index in [0.717, 1.165) is 0 Å². The van der Waals surface area contributed by atoms with Gasteiger partial charge in [0.05, 0.1) is 5.33 Å². The van der Waals surface area contributed by atoms with Crippen LogP contribution in [0.5, 0.6) is 11.5 Å². The molecule has 2 aromatic rings. The van der Waals surface area contributed by atoms with Gasteiger partial charge in [0, 0.05) is 11.8 Å². The Bertz CT molecular complexity index is 683. The number of aromatic nitrogens is 1. The average molecular weight is 401 g/mol. The van der Waals surface area contributed by atoms with Crippen LogP contribution in [0, 0.1) is 5.41 Å². The van der Waals surface area contributed by atoms with Crippen LogP contribution >= 0.6 is 28.3 Å². The third-order valence-electron chi connectivity index (χ3n) is 2.76. The number of benzene rings is 1. The molecule has 6 nitrogen and oxygen atoms in total. The monoisotopic (exact) mass is 399 g/mol. The summed E-state index contributed by atoms with van der Waals surface area (Å²) < 4.78 is 10.3. The second-order valence-electron chi connectivity index (χ2n) is 4.25. The summed E-state index contributed by atoms with van der Waals surface area (Å²) in [6.45, 7) is 0.237. The van der Waals surface area contributed by atoms with Crippen molar-refractivity contribution in [3.8, 4) is 11.5 Å². The zero-order valence-corrected chi connectivity index (χ0v) is 14.4. The first kappa shape index (κ1) is 18.9. The summed E-state index contributed by atoms with van der Waals surface area (Å²) >= 11 is 3.11. The number of alkyl halides is 1. The highest BCUT2D eigenvalue weighted by Gasteiger charge is 2.15. The van der Waals surface area contributed by atoms with Gasteiger partial charge in [0.1, 0.15) is 11.5 Å². The maximum Gasteiger partial charge on any atom is 0.231 e. The molecule has 0 spiro atoms. The summed E-state index contributed by atoms with van der Waals surface area (Å²) in [5.74, 6) is 1.40. The van der Waals surface area contributed by atoms with Crippen molar-refractivity contribution in [2.45, 2.75) is 0 Å². The van der Waals surface area contributed by atoms with Crippen molar-refractivity contribution in [1.82, 2.24) is 4.98 Å². The fourth-order valence-electron chi connectivity index (χ4n) is 1.67. The Morgan fingerprint density at radius 2 is 2.00 bits per heavy atom. The number of ketones is 1. The second kappa shape index (κ2) is 9.12. The Morgan fingerprint density at radius 1 is 1.26 bits per heavy atom. The van der Waals surface area contributed by atoms with Gasteiger partial charge < -0.3 is 15.2 Å². The molecule has 3 N–H and O–H groups in total. The minimum Gasteiger partial charge on any atom is -0.454 e. The molecule has 0 fully saturated rings. The molecule has 1 aliphatic heterocycles. The smallest absolute Gasteiger partial charge is 0.231 e. The number of rotatable bonds is 3. The van der Waals surface area contributed by atoms with Crippen molar-refractivity contribution in [3.05, 3.63) is 53.9 Å². The van der Waals surface area contributed by atoms with Crippen LogP contribution in [0.3, 0.4) is 0 Å². The molecule has 3 rings (SSSR count). The molecule has 23 heavy (non-hydrogen) atoms. The second-order valence-corrected chi connectivity index (χ2v) is 4.81. The Labute approximate surface area is 148 Å². The van der Waals surface area contributed by atoms with Gasteiger partial charge in [-0.15, -0.1) is 12.4 Å². The summed E-state index contributed by atoms with van der Waals surface area (Å²) in [4.78, 5) is 15.1. The lowest BCUT2D eigenvalue weighted by Crippen LogP contribution is -2.12. The fourth-order valence-corrected chi connectivity index (χ4v) is 1.99. The normalized spacial score (nSPS) is 10.8. The van der Waals surface area contributed by atoms with Crippen LogP contribution in [0.4, 0.5) is 0 Å². The molecule has 0 radical (unpaired) electrons. The van der Waals surface area contributed by atoms with E-state index in [9.17, 15) is 4.79 Å². The highest BCUT2D eigenvalue weighted by molar-refractivity contribution is 9.09. The standard InChI is InChI=1S/C9H7BrO3.C6H7N3.ClH/c10-4-7(11)6-1-2-8-9(3-6)13-5-12-8;7-6(8)5-3-1-2-4-9-5;/h1-3H,4-5H2;1-4H,(H3,7,8);1H. The lowest BCUT2D eigenvalue weighted by Gasteiger charge is -1.98. The van der Waals surface area contributed by atoms with E-state index in [0.29, 0.717) is 28.1 Å². The average Bonchev–Trinajstić information content (AvgIpc) is 3.03. The van der Waals surface area contributed by atoms with Crippen LogP contribution in [0.15, 0.2) is 42.6 Å². The van der Waals surface area contributed by atoms with Crippen LogP contribution in [0.25, 0.3) is 0 Å². The fraction of sp³-hybridized carbons (Fsp3) is 0.133. The molecule has 0 saturated heterocycles. The number of nitrogen functional groups attached to an aromatic ring is 1. The Morgan fingerprint density at radius 3 is 2.57 bits per heavy atom. The maximum atomic E-state index is 11.3. The predicted octanol–water partition coefficient (Wildman–Crippen LogP) is 2.78. The topological polar surface area (TPSA) is 98.3 Å². The highest BCUT2D eigenvalue weighted by Crippen LogP contribution is 2.32. The minimum absolute atomic E-state index is 0. The predicted molar refractivity (Wildman–Crippen MR) is 93.2 cm³/mol. The number of Topliss-reactive ketones (excluding diaryl/α,β-unsaturated/α-hetero) is 1. The molecule has 2 heterocycles. The van der Waals surface area contributed by atoms with Gasteiger partial charge >= 0.3 is 0 Å².